The largest absolute Gasteiger partial charge is 0.246 e. The molecule has 1 heterocycles. The normalized spacial score (nSPS) is 19.2. The Balaban J connectivity index is 2.13. The predicted octanol–water partition coefficient (Wildman–Crippen LogP) is 2.52. The van der Waals surface area contributed by atoms with Crippen molar-refractivity contribution in [2.24, 2.45) is 0 Å². The summed E-state index contributed by atoms with van der Waals surface area (Å²) in [6.07, 6.45) is 8.05. The van der Waals surface area contributed by atoms with Crippen molar-refractivity contribution in [1.82, 2.24) is 14.8 Å². The number of alkyl halides is 1. The standard InChI is InChI=1S/C9H14ClN3/c10-6-9-11-7-12-13(9)8-4-2-1-3-5-8/h7-8H,1-6H2. The van der Waals surface area contributed by atoms with Crippen LogP contribution < -0.4 is 0 Å². The van der Waals surface area contributed by atoms with Gasteiger partial charge in [0, 0.05) is 0 Å². The number of hydrogen-bond donors (Lipinski definition) is 0. The van der Waals surface area contributed by atoms with Crippen LogP contribution in [0.25, 0.3) is 0 Å². The van der Waals surface area contributed by atoms with Crippen LogP contribution in [-0.2, 0) is 5.88 Å². The second-order valence-electron chi connectivity index (χ2n) is 3.55. The van der Waals surface area contributed by atoms with Crippen molar-refractivity contribution in [2.45, 2.75) is 44.0 Å². The van der Waals surface area contributed by atoms with Crippen molar-refractivity contribution in [1.29, 1.82) is 0 Å². The molecule has 13 heavy (non-hydrogen) atoms. The quantitative estimate of drug-likeness (QED) is 0.686. The number of halogens is 1. The molecule has 0 saturated heterocycles. The molecule has 1 aliphatic rings. The molecule has 0 bridgehead atoms. The summed E-state index contributed by atoms with van der Waals surface area (Å²) in [5.41, 5.74) is 0. The summed E-state index contributed by atoms with van der Waals surface area (Å²) in [5.74, 6) is 1.38. The van der Waals surface area contributed by atoms with E-state index in [1.165, 1.54) is 32.1 Å². The first kappa shape index (κ1) is 9.00. The van der Waals surface area contributed by atoms with E-state index in [4.69, 9.17) is 11.6 Å². The monoisotopic (exact) mass is 199 g/mol. The molecule has 4 heteroatoms. The summed E-state index contributed by atoms with van der Waals surface area (Å²) in [4.78, 5) is 4.13. The molecule has 0 amide bonds. The van der Waals surface area contributed by atoms with E-state index in [1.807, 2.05) is 4.68 Å². The Labute approximate surface area is 83.1 Å². The molecule has 0 unspecified atom stereocenters. The van der Waals surface area contributed by atoms with E-state index in [-0.39, 0.29) is 0 Å². The Kier molecular flexibility index (Phi) is 2.83. The molecule has 1 saturated carbocycles. The molecule has 1 aromatic rings. The summed E-state index contributed by atoms with van der Waals surface area (Å²) in [6.45, 7) is 0. The number of rotatable bonds is 2. The van der Waals surface area contributed by atoms with E-state index in [0.29, 0.717) is 11.9 Å². The maximum Gasteiger partial charge on any atom is 0.142 e. The Bertz CT molecular complexity index is 266. The van der Waals surface area contributed by atoms with Gasteiger partial charge in [0.15, 0.2) is 0 Å². The second kappa shape index (κ2) is 4.09. The van der Waals surface area contributed by atoms with Gasteiger partial charge in [0.25, 0.3) is 0 Å². The second-order valence-corrected chi connectivity index (χ2v) is 3.81. The maximum atomic E-state index is 5.77. The lowest BCUT2D eigenvalue weighted by Crippen LogP contribution is -2.16. The fourth-order valence-corrected chi connectivity index (χ4v) is 2.19. The highest BCUT2D eigenvalue weighted by molar-refractivity contribution is 6.16. The van der Waals surface area contributed by atoms with Crippen LogP contribution in [-0.4, -0.2) is 14.8 Å². The van der Waals surface area contributed by atoms with Gasteiger partial charge in [0.2, 0.25) is 0 Å². The molecule has 3 nitrogen and oxygen atoms in total. The molecule has 0 atom stereocenters. The fraction of sp³-hybridized carbons (Fsp3) is 0.778. The van der Waals surface area contributed by atoms with E-state index >= 15 is 0 Å². The summed E-state index contributed by atoms with van der Waals surface area (Å²) < 4.78 is 2.01. The first-order valence-electron chi connectivity index (χ1n) is 4.86. The van der Waals surface area contributed by atoms with Crippen LogP contribution in [0.5, 0.6) is 0 Å². The van der Waals surface area contributed by atoms with Crippen LogP contribution in [0.4, 0.5) is 0 Å². The van der Waals surface area contributed by atoms with Gasteiger partial charge >= 0.3 is 0 Å². The van der Waals surface area contributed by atoms with Gasteiger partial charge in [-0.25, -0.2) is 9.67 Å². The van der Waals surface area contributed by atoms with Gasteiger partial charge in [0.05, 0.1) is 11.9 Å². The first-order chi connectivity index (χ1) is 6.42. The highest BCUT2D eigenvalue weighted by Gasteiger charge is 2.18. The van der Waals surface area contributed by atoms with Crippen molar-refractivity contribution < 1.29 is 0 Å². The highest BCUT2D eigenvalue weighted by atomic mass is 35.5. The zero-order valence-electron chi connectivity index (χ0n) is 7.62. The van der Waals surface area contributed by atoms with Crippen LogP contribution in [0, 0.1) is 0 Å². The summed E-state index contributed by atoms with van der Waals surface area (Å²) in [5, 5.41) is 4.23. The highest BCUT2D eigenvalue weighted by Crippen LogP contribution is 2.28. The van der Waals surface area contributed by atoms with Gasteiger partial charge in [0.1, 0.15) is 12.2 Å². The van der Waals surface area contributed by atoms with Gasteiger partial charge in [-0.3, -0.25) is 0 Å². The maximum absolute atomic E-state index is 5.77. The average Bonchev–Trinajstić information content (AvgIpc) is 2.67. The third kappa shape index (κ3) is 1.85. The Morgan fingerprint density at radius 2 is 2.15 bits per heavy atom. The third-order valence-corrected chi connectivity index (χ3v) is 2.93. The average molecular weight is 200 g/mol. The van der Waals surface area contributed by atoms with Crippen LogP contribution >= 0.6 is 11.6 Å². The zero-order chi connectivity index (χ0) is 9.10. The third-order valence-electron chi connectivity index (χ3n) is 2.69. The minimum atomic E-state index is 0.469. The van der Waals surface area contributed by atoms with E-state index in [1.54, 1.807) is 6.33 Å². The molecule has 0 aliphatic heterocycles. The van der Waals surface area contributed by atoms with Crippen molar-refractivity contribution in [2.75, 3.05) is 0 Å². The molecule has 2 rings (SSSR count). The van der Waals surface area contributed by atoms with Crippen LogP contribution in [0.15, 0.2) is 6.33 Å². The molecule has 0 radical (unpaired) electrons. The molecule has 72 valence electrons. The van der Waals surface area contributed by atoms with Crippen LogP contribution in [0.1, 0.15) is 44.0 Å². The molecule has 1 fully saturated rings. The van der Waals surface area contributed by atoms with Gasteiger partial charge < -0.3 is 0 Å². The predicted molar refractivity (Wildman–Crippen MR) is 51.7 cm³/mol. The van der Waals surface area contributed by atoms with E-state index in [9.17, 15) is 0 Å². The minimum absolute atomic E-state index is 0.469. The lowest BCUT2D eigenvalue weighted by atomic mass is 9.96. The summed E-state index contributed by atoms with van der Waals surface area (Å²) in [7, 11) is 0. The summed E-state index contributed by atoms with van der Waals surface area (Å²) >= 11 is 5.77. The van der Waals surface area contributed by atoms with Crippen molar-refractivity contribution in [3.8, 4) is 0 Å². The Morgan fingerprint density at radius 3 is 2.85 bits per heavy atom. The molecule has 0 N–H and O–H groups in total. The van der Waals surface area contributed by atoms with Gasteiger partial charge in [-0.1, -0.05) is 19.3 Å². The van der Waals surface area contributed by atoms with Crippen LogP contribution in [0.2, 0.25) is 0 Å². The molecular formula is C9H14ClN3. The number of aromatic nitrogens is 3. The Morgan fingerprint density at radius 1 is 1.38 bits per heavy atom. The van der Waals surface area contributed by atoms with Crippen molar-refractivity contribution >= 4 is 11.6 Å². The molecular weight excluding hydrogens is 186 g/mol. The van der Waals surface area contributed by atoms with Crippen molar-refractivity contribution in [3.05, 3.63) is 12.2 Å². The molecule has 1 aliphatic carbocycles. The molecule has 0 spiro atoms. The lowest BCUT2D eigenvalue weighted by Gasteiger charge is -2.22. The number of hydrogen-bond acceptors (Lipinski definition) is 2. The van der Waals surface area contributed by atoms with Gasteiger partial charge in [-0.15, -0.1) is 11.6 Å². The van der Waals surface area contributed by atoms with E-state index in [0.717, 1.165) is 5.82 Å². The van der Waals surface area contributed by atoms with E-state index in [2.05, 4.69) is 10.1 Å². The topological polar surface area (TPSA) is 30.7 Å². The van der Waals surface area contributed by atoms with Crippen LogP contribution in [0.3, 0.4) is 0 Å². The first-order valence-corrected chi connectivity index (χ1v) is 5.39. The van der Waals surface area contributed by atoms with Crippen molar-refractivity contribution in [3.63, 3.8) is 0 Å². The van der Waals surface area contributed by atoms with E-state index < -0.39 is 0 Å². The van der Waals surface area contributed by atoms with Gasteiger partial charge in [-0.05, 0) is 12.8 Å². The fourth-order valence-electron chi connectivity index (χ4n) is 2.00. The molecule has 1 aromatic heterocycles. The summed E-state index contributed by atoms with van der Waals surface area (Å²) in [6, 6.07) is 0.546. The molecule has 0 aromatic carbocycles. The smallest absolute Gasteiger partial charge is 0.142 e. The number of nitrogens with zero attached hydrogens (tertiary/aromatic N) is 3. The minimum Gasteiger partial charge on any atom is -0.246 e. The Hall–Kier alpha value is -0.570. The van der Waals surface area contributed by atoms with Gasteiger partial charge in [-0.2, -0.15) is 5.10 Å². The lowest BCUT2D eigenvalue weighted by molar-refractivity contribution is 0.323. The zero-order valence-corrected chi connectivity index (χ0v) is 8.37. The SMILES string of the molecule is ClCc1ncnn1C1CCCCC1.